The van der Waals surface area contributed by atoms with E-state index in [9.17, 15) is 40.9 Å². The van der Waals surface area contributed by atoms with Crippen LogP contribution in [0.1, 0.15) is 11.1 Å². The molecule has 0 fully saturated rings. The van der Waals surface area contributed by atoms with E-state index in [1.54, 1.807) is 62.4 Å². The van der Waals surface area contributed by atoms with Crippen LogP contribution in [0.15, 0.2) is 127 Å². The Labute approximate surface area is 353 Å². The number of phenols is 2. The summed E-state index contributed by atoms with van der Waals surface area (Å²) in [5, 5.41) is 43.6. The van der Waals surface area contributed by atoms with E-state index in [1.807, 2.05) is 0 Å². The second kappa shape index (κ2) is 17.0. The molecule has 0 saturated carbocycles. The number of nitrogens with zero attached hydrogens (tertiary/aromatic N) is 4. The van der Waals surface area contributed by atoms with Gasteiger partial charge < -0.3 is 20.8 Å². The van der Waals surface area contributed by atoms with Crippen LogP contribution in [0.5, 0.6) is 11.5 Å². The quantitative estimate of drug-likeness (QED) is 0.0494. The molecule has 0 unspecified atom stereocenters. The van der Waals surface area contributed by atoms with Crippen molar-refractivity contribution in [1.29, 1.82) is 0 Å². The van der Waals surface area contributed by atoms with E-state index in [0.29, 0.717) is 11.4 Å². The second-order valence-electron chi connectivity index (χ2n) is 11.5. The first-order valence-corrected chi connectivity index (χ1v) is 18.1. The molecule has 0 aliphatic rings. The number of carbonyl (C=O) groups is 1. The maximum Gasteiger partial charge on any atom is 0.323 e. The molecule has 0 saturated heterocycles. The fourth-order valence-corrected chi connectivity index (χ4v) is 6.61. The Morgan fingerprint density at radius 3 is 1.28 bits per heavy atom. The molecule has 2 radical (unpaired) electrons. The molecule has 19 heteroatoms. The summed E-state index contributed by atoms with van der Waals surface area (Å²) in [4.78, 5) is 11.6. The molecule has 266 valence electrons. The molecule has 6 rings (SSSR count). The number of aryl methyl sites for hydroxylation is 2. The summed E-state index contributed by atoms with van der Waals surface area (Å²) < 4.78 is 69.1. The summed E-state index contributed by atoms with van der Waals surface area (Å²) in [7, 11) is -9.78. The largest absolute Gasteiger partial charge is 0.505 e. The van der Waals surface area contributed by atoms with Crippen LogP contribution in [-0.4, -0.2) is 101 Å². The Kier molecular flexibility index (Phi) is 13.4. The van der Waals surface area contributed by atoms with Gasteiger partial charge in [-0.05, 0) is 96.4 Å². The zero-order valence-corrected chi connectivity index (χ0v) is 34.8. The van der Waals surface area contributed by atoms with Gasteiger partial charge in [0.15, 0.2) is 11.5 Å². The minimum absolute atomic E-state index is 0. The van der Waals surface area contributed by atoms with Gasteiger partial charge in [-0.2, -0.15) is 27.1 Å². The standard InChI is InChI=1S/C35H28N6O9S2.2Na/c1-19-7-3-5-9-27(19)38-40-31-29(51(45,46)47)17-21-15-23(11-13-25(21)33(31)42)36-35(44)37-24-12-14-26-22(16-24)18-30(52(48,49)50)32(34(26)43)41-39-28-10-6-4-8-20(28)2;;/h3-18,42-43H,1-2H3,(H2,36,37,44)(H,45,46,47)(H,48,49,50);;. The Morgan fingerprint density at radius 2 is 0.926 bits per heavy atom. The summed E-state index contributed by atoms with van der Waals surface area (Å²) in [6.07, 6.45) is 0. The average molecular weight is 787 g/mol. The number of carbonyl (C=O) groups excluding carboxylic acids is 1. The van der Waals surface area contributed by atoms with Crippen molar-refractivity contribution in [1.82, 2.24) is 0 Å². The number of nitrogens with one attached hydrogen (secondary N) is 2. The zero-order valence-electron chi connectivity index (χ0n) is 29.2. The van der Waals surface area contributed by atoms with Crippen molar-refractivity contribution in [2.24, 2.45) is 20.5 Å². The van der Waals surface area contributed by atoms with Gasteiger partial charge in [-0.1, -0.05) is 36.4 Å². The fraction of sp³-hybridized carbons (Fsp3) is 0.0571. The van der Waals surface area contributed by atoms with Gasteiger partial charge in [0, 0.05) is 81.3 Å². The van der Waals surface area contributed by atoms with Crippen LogP contribution in [0, 0.1) is 13.8 Å². The van der Waals surface area contributed by atoms with E-state index < -0.39 is 58.9 Å². The van der Waals surface area contributed by atoms with Crippen LogP contribution in [0.3, 0.4) is 0 Å². The number of fused-ring (bicyclic) bond motifs is 2. The third-order valence-electron chi connectivity index (χ3n) is 7.92. The first kappa shape index (κ1) is 42.5. The summed E-state index contributed by atoms with van der Waals surface area (Å²) in [5.74, 6) is -1.14. The number of anilines is 2. The molecule has 0 aliphatic carbocycles. The monoisotopic (exact) mass is 786 g/mol. The Hall–Kier alpha value is -4.27. The van der Waals surface area contributed by atoms with Crippen molar-refractivity contribution in [2.45, 2.75) is 23.6 Å². The first-order valence-electron chi connectivity index (χ1n) is 15.2. The van der Waals surface area contributed by atoms with Gasteiger partial charge in [-0.15, -0.1) is 10.2 Å². The smallest absolute Gasteiger partial charge is 0.323 e. The van der Waals surface area contributed by atoms with Crippen LogP contribution < -0.4 is 10.6 Å². The SMILES string of the molecule is Cc1ccccc1N=Nc1c(S(=O)(=O)O)cc2cc(NC(=O)Nc3ccc4c(O)c(N=Nc5ccccc5C)c(S(=O)(=O)O)cc4c3)ccc2c1O.[Na].[Na]. The number of hydrogen-bond donors (Lipinski definition) is 6. The number of azo groups is 2. The molecule has 6 aromatic carbocycles. The van der Waals surface area contributed by atoms with Crippen molar-refractivity contribution < 1.29 is 40.9 Å². The molecule has 0 aromatic heterocycles. The van der Waals surface area contributed by atoms with Crippen molar-refractivity contribution in [3.63, 3.8) is 0 Å². The number of hydrogen-bond acceptors (Lipinski definition) is 11. The first-order chi connectivity index (χ1) is 24.6. The molecule has 54 heavy (non-hydrogen) atoms. The molecule has 0 heterocycles. The third kappa shape index (κ3) is 9.32. The van der Waals surface area contributed by atoms with E-state index in [1.165, 1.54) is 36.4 Å². The number of rotatable bonds is 8. The molecule has 6 aromatic rings. The number of amides is 2. The van der Waals surface area contributed by atoms with Crippen LogP contribution in [0.2, 0.25) is 0 Å². The minimum atomic E-state index is -4.89. The average Bonchev–Trinajstić information content (AvgIpc) is 3.07. The van der Waals surface area contributed by atoms with Gasteiger partial charge in [0.2, 0.25) is 0 Å². The molecule has 2 amide bonds. The zero-order chi connectivity index (χ0) is 37.4. The number of urea groups is 1. The van der Waals surface area contributed by atoms with Crippen molar-refractivity contribution in [2.75, 3.05) is 10.6 Å². The van der Waals surface area contributed by atoms with E-state index in [-0.39, 0.29) is 92.0 Å². The van der Waals surface area contributed by atoms with E-state index >= 15 is 0 Å². The van der Waals surface area contributed by atoms with Gasteiger partial charge in [0.05, 0.1) is 11.4 Å². The second-order valence-corrected chi connectivity index (χ2v) is 14.3. The summed E-state index contributed by atoms with van der Waals surface area (Å²) in [6.45, 7) is 3.54. The molecule has 6 N–H and O–H groups in total. The van der Waals surface area contributed by atoms with Crippen LogP contribution in [0.25, 0.3) is 21.5 Å². The summed E-state index contributed by atoms with van der Waals surface area (Å²) in [5.41, 5.74) is 1.69. The number of aromatic hydroxyl groups is 2. The fourth-order valence-electron chi connectivity index (χ4n) is 5.30. The van der Waals surface area contributed by atoms with Gasteiger partial charge in [0.25, 0.3) is 20.2 Å². The molecule has 0 bridgehead atoms. The van der Waals surface area contributed by atoms with Gasteiger partial charge in [-0.25, -0.2) is 4.79 Å². The maximum absolute atomic E-state index is 13.0. The minimum Gasteiger partial charge on any atom is -0.505 e. The van der Waals surface area contributed by atoms with Crippen molar-refractivity contribution in [3.05, 3.63) is 108 Å². The number of phenolic OH excluding ortho intramolecular Hbond substituents is 2. The predicted molar refractivity (Wildman–Crippen MR) is 206 cm³/mol. The summed E-state index contributed by atoms with van der Waals surface area (Å²) >= 11 is 0. The predicted octanol–water partition coefficient (Wildman–Crippen LogP) is 8.23. The normalized spacial score (nSPS) is 11.8. The Morgan fingerprint density at radius 1 is 0.556 bits per heavy atom. The Balaban J connectivity index is 0.00000325. The maximum atomic E-state index is 13.0. The Bertz CT molecular complexity index is 2540. The van der Waals surface area contributed by atoms with E-state index in [0.717, 1.165) is 23.3 Å². The summed E-state index contributed by atoms with van der Waals surface area (Å²) in [6, 6.07) is 23.6. The van der Waals surface area contributed by atoms with Crippen molar-refractivity contribution in [3.8, 4) is 11.5 Å². The molecule has 15 nitrogen and oxygen atoms in total. The van der Waals surface area contributed by atoms with Crippen LogP contribution >= 0.6 is 0 Å². The van der Waals surface area contributed by atoms with Gasteiger partial charge in [0.1, 0.15) is 21.2 Å². The molecular weight excluding hydrogens is 759 g/mol. The molecule has 0 spiro atoms. The van der Waals surface area contributed by atoms with Gasteiger partial charge >= 0.3 is 6.03 Å². The molecule has 0 atom stereocenters. The third-order valence-corrected chi connectivity index (χ3v) is 9.65. The van der Waals surface area contributed by atoms with Gasteiger partial charge in [-0.3, -0.25) is 9.11 Å². The van der Waals surface area contributed by atoms with Crippen LogP contribution in [0.4, 0.5) is 38.9 Å². The topological polar surface area (TPSA) is 240 Å². The van der Waals surface area contributed by atoms with E-state index in [2.05, 4.69) is 31.1 Å². The van der Waals surface area contributed by atoms with Crippen LogP contribution in [-0.2, 0) is 20.2 Å². The number of benzene rings is 6. The van der Waals surface area contributed by atoms with Crippen molar-refractivity contribution >= 4 is 141 Å². The molecule has 0 aliphatic heterocycles. The van der Waals surface area contributed by atoms with E-state index in [4.69, 9.17) is 0 Å². The molecular formula is C35H28N6Na2O9S2.